The van der Waals surface area contributed by atoms with Gasteiger partial charge in [-0.15, -0.1) is 0 Å². The first-order valence-electron chi connectivity index (χ1n) is 12.5. The maximum atomic E-state index is 13.4. The number of carbonyl (C=O) groups is 3. The van der Waals surface area contributed by atoms with E-state index in [1.807, 2.05) is 6.92 Å². The number of hydrogen-bond donors (Lipinski definition) is 2. The van der Waals surface area contributed by atoms with Gasteiger partial charge >= 0.3 is 6.18 Å². The Kier molecular flexibility index (Phi) is 8.25. The zero-order chi connectivity index (χ0) is 27.4. The second-order valence-corrected chi connectivity index (χ2v) is 9.47. The van der Waals surface area contributed by atoms with Gasteiger partial charge in [-0.2, -0.15) is 13.2 Å². The average Bonchev–Trinajstić information content (AvgIpc) is 2.89. The highest BCUT2D eigenvalue weighted by Gasteiger charge is 2.39. The molecule has 38 heavy (non-hydrogen) atoms. The van der Waals surface area contributed by atoms with Crippen molar-refractivity contribution in [1.29, 1.82) is 0 Å². The van der Waals surface area contributed by atoms with E-state index in [4.69, 9.17) is 9.47 Å². The standard InChI is InChI=1S/C27H30F3N3O5/c1-3-11-31-24(34)14-19-8-9-21-23(38-19)15-37-22-10-7-18(13-20(22)26(36)33(21)2)32-25(35)16-5-4-6-17(12-16)27(28,29)30/h4-7,10,12-13,19,21,23H,3,8-9,11,14-15H2,1-2H3,(H,31,34)(H,32,35)/t19-,21+,23-/m0/s1. The summed E-state index contributed by atoms with van der Waals surface area (Å²) in [6.07, 6.45) is -2.94. The maximum Gasteiger partial charge on any atom is 0.416 e. The molecule has 8 nitrogen and oxygen atoms in total. The molecule has 0 bridgehead atoms. The van der Waals surface area contributed by atoms with Crippen LogP contribution in [0.15, 0.2) is 42.5 Å². The highest BCUT2D eigenvalue weighted by atomic mass is 19.4. The molecule has 204 valence electrons. The van der Waals surface area contributed by atoms with E-state index in [1.54, 1.807) is 11.9 Å². The van der Waals surface area contributed by atoms with Crippen molar-refractivity contribution >= 4 is 23.4 Å². The lowest BCUT2D eigenvalue weighted by atomic mass is 9.94. The zero-order valence-electron chi connectivity index (χ0n) is 21.1. The van der Waals surface area contributed by atoms with E-state index >= 15 is 0 Å². The van der Waals surface area contributed by atoms with Crippen LogP contribution in [0.5, 0.6) is 5.75 Å². The van der Waals surface area contributed by atoms with Crippen LogP contribution in [0.25, 0.3) is 0 Å². The Morgan fingerprint density at radius 1 is 1.13 bits per heavy atom. The van der Waals surface area contributed by atoms with Crippen molar-refractivity contribution in [2.24, 2.45) is 0 Å². The molecule has 0 aromatic heterocycles. The molecule has 0 saturated carbocycles. The van der Waals surface area contributed by atoms with Crippen molar-refractivity contribution in [2.45, 2.75) is 57.0 Å². The number of ether oxygens (including phenoxy) is 2. The van der Waals surface area contributed by atoms with Crippen molar-refractivity contribution < 1.29 is 37.0 Å². The molecule has 2 N–H and O–H groups in total. The molecule has 2 aliphatic heterocycles. The number of carbonyl (C=O) groups excluding carboxylic acids is 3. The fourth-order valence-corrected chi connectivity index (χ4v) is 4.69. The Labute approximate surface area is 218 Å². The molecule has 2 aliphatic rings. The lowest BCUT2D eigenvalue weighted by Gasteiger charge is -2.42. The molecule has 1 saturated heterocycles. The van der Waals surface area contributed by atoms with Crippen LogP contribution in [0.4, 0.5) is 18.9 Å². The molecule has 0 aliphatic carbocycles. The lowest BCUT2D eigenvalue weighted by molar-refractivity contribution is -0.137. The van der Waals surface area contributed by atoms with E-state index in [9.17, 15) is 27.6 Å². The fourth-order valence-electron chi connectivity index (χ4n) is 4.69. The number of fused-ring (bicyclic) bond motifs is 2. The van der Waals surface area contributed by atoms with Gasteiger partial charge in [0.1, 0.15) is 18.5 Å². The van der Waals surface area contributed by atoms with Gasteiger partial charge in [0.25, 0.3) is 11.8 Å². The Balaban J connectivity index is 1.47. The predicted molar refractivity (Wildman–Crippen MR) is 133 cm³/mol. The van der Waals surface area contributed by atoms with Crippen molar-refractivity contribution in [3.05, 3.63) is 59.2 Å². The molecule has 11 heteroatoms. The smallest absolute Gasteiger partial charge is 0.416 e. The van der Waals surface area contributed by atoms with Gasteiger partial charge in [0.05, 0.1) is 29.7 Å². The molecule has 3 atom stereocenters. The molecule has 3 amide bonds. The number of halogens is 3. The minimum absolute atomic E-state index is 0.0726. The molecule has 0 unspecified atom stereocenters. The van der Waals surface area contributed by atoms with E-state index in [2.05, 4.69) is 10.6 Å². The van der Waals surface area contributed by atoms with Gasteiger partial charge in [-0.1, -0.05) is 13.0 Å². The minimum Gasteiger partial charge on any atom is -0.490 e. The number of likely N-dealkylation sites (N-methyl/N-ethyl adjacent to an activating group) is 1. The molecule has 4 rings (SSSR count). The monoisotopic (exact) mass is 533 g/mol. The van der Waals surface area contributed by atoms with Gasteiger partial charge in [0.2, 0.25) is 5.91 Å². The highest BCUT2D eigenvalue weighted by Crippen LogP contribution is 2.33. The molecular weight excluding hydrogens is 503 g/mol. The maximum absolute atomic E-state index is 13.4. The van der Waals surface area contributed by atoms with E-state index in [1.165, 1.54) is 24.3 Å². The molecule has 2 aromatic rings. The first-order valence-corrected chi connectivity index (χ1v) is 12.5. The van der Waals surface area contributed by atoms with E-state index in [0.717, 1.165) is 24.6 Å². The van der Waals surface area contributed by atoms with Gasteiger partial charge in [-0.25, -0.2) is 0 Å². The van der Waals surface area contributed by atoms with Crippen molar-refractivity contribution in [3.8, 4) is 5.75 Å². The molecule has 1 fully saturated rings. The molecular formula is C27H30F3N3O5. The quantitative estimate of drug-likeness (QED) is 0.579. The van der Waals surface area contributed by atoms with Gasteiger partial charge in [0.15, 0.2) is 0 Å². The SMILES string of the molecule is CCCNC(=O)C[C@@H]1CC[C@@H]2[C@H](COc3ccc(NC(=O)c4cccc(C(F)(F)F)c4)cc3C(=O)N2C)O1. The first-order chi connectivity index (χ1) is 18.1. The van der Waals surface area contributed by atoms with Crippen molar-refractivity contribution in [2.75, 3.05) is 25.5 Å². The average molecular weight is 534 g/mol. The van der Waals surface area contributed by atoms with Gasteiger partial charge in [-0.3, -0.25) is 14.4 Å². The van der Waals surface area contributed by atoms with Crippen molar-refractivity contribution in [1.82, 2.24) is 10.2 Å². The van der Waals surface area contributed by atoms with E-state index in [0.29, 0.717) is 25.1 Å². The van der Waals surface area contributed by atoms with E-state index < -0.39 is 23.8 Å². The second-order valence-electron chi connectivity index (χ2n) is 9.47. The second kappa shape index (κ2) is 11.4. The summed E-state index contributed by atoms with van der Waals surface area (Å²) in [4.78, 5) is 39.7. The minimum atomic E-state index is -4.57. The summed E-state index contributed by atoms with van der Waals surface area (Å²) < 4.78 is 51.1. The number of hydrogen-bond acceptors (Lipinski definition) is 5. The summed E-state index contributed by atoms with van der Waals surface area (Å²) in [6.45, 7) is 2.75. The Morgan fingerprint density at radius 3 is 2.66 bits per heavy atom. The third-order valence-corrected chi connectivity index (χ3v) is 6.71. The Bertz CT molecular complexity index is 1200. The number of benzene rings is 2. The summed E-state index contributed by atoms with van der Waals surface area (Å²) in [5.74, 6) is -0.855. The molecule has 2 heterocycles. The summed E-state index contributed by atoms with van der Waals surface area (Å²) in [5, 5.41) is 5.40. The number of nitrogens with zero attached hydrogens (tertiary/aromatic N) is 1. The Hall–Kier alpha value is -3.60. The van der Waals surface area contributed by atoms with Gasteiger partial charge in [0, 0.05) is 24.8 Å². The first kappa shape index (κ1) is 27.4. The number of rotatable bonds is 6. The topological polar surface area (TPSA) is 97.0 Å². The zero-order valence-corrected chi connectivity index (χ0v) is 21.1. The third-order valence-electron chi connectivity index (χ3n) is 6.71. The van der Waals surface area contributed by atoms with Crippen LogP contribution in [0.3, 0.4) is 0 Å². The number of amides is 3. The van der Waals surface area contributed by atoms with Crippen LogP contribution in [-0.4, -0.2) is 61.1 Å². The summed E-state index contributed by atoms with van der Waals surface area (Å²) in [6, 6.07) is 8.33. The van der Waals surface area contributed by atoms with Crippen LogP contribution in [0.1, 0.15) is 58.9 Å². The molecule has 0 spiro atoms. The lowest BCUT2D eigenvalue weighted by Crippen LogP contribution is -2.54. The van der Waals surface area contributed by atoms with E-state index in [-0.39, 0.29) is 53.8 Å². The van der Waals surface area contributed by atoms with Crippen LogP contribution in [-0.2, 0) is 15.7 Å². The summed E-state index contributed by atoms with van der Waals surface area (Å²) in [7, 11) is 1.67. The Morgan fingerprint density at radius 2 is 1.92 bits per heavy atom. The van der Waals surface area contributed by atoms with Crippen LogP contribution in [0.2, 0.25) is 0 Å². The largest absolute Gasteiger partial charge is 0.490 e. The van der Waals surface area contributed by atoms with Gasteiger partial charge < -0.3 is 25.0 Å². The molecule has 0 radical (unpaired) electrons. The normalized spacial score (nSPS) is 21.3. The third kappa shape index (κ3) is 6.27. The summed E-state index contributed by atoms with van der Waals surface area (Å²) in [5.41, 5.74) is -0.631. The summed E-state index contributed by atoms with van der Waals surface area (Å²) >= 11 is 0. The van der Waals surface area contributed by atoms with Crippen LogP contribution < -0.4 is 15.4 Å². The predicted octanol–water partition coefficient (Wildman–Crippen LogP) is 4.25. The number of alkyl halides is 3. The van der Waals surface area contributed by atoms with Gasteiger partial charge in [-0.05, 0) is 55.7 Å². The number of anilines is 1. The fraction of sp³-hybridized carbons (Fsp3) is 0.444. The van der Waals surface area contributed by atoms with Crippen LogP contribution in [0, 0.1) is 0 Å². The van der Waals surface area contributed by atoms with Crippen LogP contribution >= 0.6 is 0 Å². The molecule has 2 aromatic carbocycles. The number of nitrogens with one attached hydrogen (secondary N) is 2. The highest BCUT2D eigenvalue weighted by molar-refractivity contribution is 6.05. The van der Waals surface area contributed by atoms with Crippen molar-refractivity contribution in [3.63, 3.8) is 0 Å².